The van der Waals surface area contributed by atoms with E-state index in [2.05, 4.69) is 250 Å². The van der Waals surface area contributed by atoms with Crippen LogP contribution in [0, 0.1) is 11.8 Å². The summed E-state index contributed by atoms with van der Waals surface area (Å²) in [5.74, 6) is 0.420. The Hall–Kier alpha value is -8.32. The minimum absolute atomic E-state index is 0.107. The van der Waals surface area contributed by atoms with Gasteiger partial charge in [-0.3, -0.25) is 0 Å². The SMILES string of the molecule is CC(C(=CC=Cc1ccccc1)C1=CC=CCC1)c1c2c(c(-c3ccccc3)c3ccccc13)C1=CC=C3c4c(c(-c5ccccc5)c5cc6ccccc6cc5c4-c4ccccc4)C4=CC=C2C1C34. The van der Waals surface area contributed by atoms with E-state index in [1.165, 1.54) is 133 Å². The maximum atomic E-state index is 2.55. The predicted molar refractivity (Wildman–Crippen MR) is 299 cm³/mol. The molecule has 0 fully saturated rings. The van der Waals surface area contributed by atoms with E-state index in [9.17, 15) is 0 Å². The van der Waals surface area contributed by atoms with E-state index in [1.807, 2.05) is 0 Å². The Kier molecular flexibility index (Phi) is 9.56. The fraction of sp³-hybridized carbons (Fsp3) is 0.0857. The summed E-state index contributed by atoms with van der Waals surface area (Å²) in [4.78, 5) is 0. The molecule has 330 valence electrons. The van der Waals surface area contributed by atoms with Gasteiger partial charge in [-0.2, -0.15) is 0 Å². The summed E-state index contributed by atoms with van der Waals surface area (Å²) in [7, 11) is 0. The molecule has 0 saturated carbocycles. The van der Waals surface area contributed by atoms with Crippen LogP contribution >= 0.6 is 0 Å². The molecule has 9 aromatic carbocycles. The smallest absolute Gasteiger partial charge is 0.0212 e. The topological polar surface area (TPSA) is 0 Å². The second-order valence-corrected chi connectivity index (χ2v) is 19.6. The van der Waals surface area contributed by atoms with Crippen LogP contribution in [-0.2, 0) is 0 Å². The minimum Gasteiger partial charge on any atom is -0.0842 e. The van der Waals surface area contributed by atoms with Crippen molar-refractivity contribution in [3.63, 3.8) is 0 Å². The van der Waals surface area contributed by atoms with Crippen molar-refractivity contribution < 1.29 is 0 Å². The molecule has 0 spiro atoms. The normalized spacial score (nSPS) is 18.0. The molecule has 0 nitrogen and oxygen atoms in total. The standard InChI is InChI=1S/C70H50/c1-44(52(46-25-9-3-10-26-46)37-21-24-45-22-7-2-8-23-45)61-53-35-19-20-36-54(53)62(47-27-11-4-12-28-47)68-56-40-41-58-66-57(39-38-55(65(56)66)67(61)68)69-63(48-29-13-5-14-30-48)59-42-50-33-17-18-34-51(50)43-60(59)64(70(58)69)49-31-15-6-16-32-49/h2-9,11-25,27-44,65-66H,10,26H2,1H3. The highest BCUT2D eigenvalue weighted by atomic mass is 14.5. The molecule has 0 aromatic heterocycles. The van der Waals surface area contributed by atoms with Gasteiger partial charge in [0.2, 0.25) is 0 Å². The van der Waals surface area contributed by atoms with Crippen LogP contribution in [0.4, 0.5) is 0 Å². The third-order valence-electron chi connectivity index (χ3n) is 16.0. The van der Waals surface area contributed by atoms with Crippen molar-refractivity contribution >= 4 is 60.7 Å². The van der Waals surface area contributed by atoms with Gasteiger partial charge in [0.1, 0.15) is 0 Å². The van der Waals surface area contributed by atoms with Crippen LogP contribution in [0.15, 0.2) is 248 Å². The van der Waals surface area contributed by atoms with Gasteiger partial charge in [-0.1, -0.05) is 238 Å². The van der Waals surface area contributed by atoms with Crippen molar-refractivity contribution in [1.82, 2.24) is 0 Å². The molecule has 0 radical (unpaired) electrons. The minimum atomic E-state index is 0.107. The maximum absolute atomic E-state index is 2.55. The highest BCUT2D eigenvalue weighted by Crippen LogP contribution is 2.68. The quantitative estimate of drug-likeness (QED) is 0.105. The van der Waals surface area contributed by atoms with Crippen molar-refractivity contribution in [2.24, 2.45) is 11.8 Å². The number of allylic oxidation sites excluding steroid dienone is 15. The van der Waals surface area contributed by atoms with Gasteiger partial charge in [-0.15, -0.1) is 0 Å². The molecule has 5 aliphatic carbocycles. The predicted octanol–water partition coefficient (Wildman–Crippen LogP) is 18.7. The van der Waals surface area contributed by atoms with Crippen molar-refractivity contribution in [2.75, 3.05) is 0 Å². The molecule has 3 unspecified atom stereocenters. The second kappa shape index (κ2) is 16.4. The number of fused-ring (bicyclic) bond motifs is 9. The Morgan fingerprint density at radius 3 is 1.40 bits per heavy atom. The maximum Gasteiger partial charge on any atom is 0.0212 e. The van der Waals surface area contributed by atoms with Gasteiger partial charge in [-0.25, -0.2) is 0 Å². The first kappa shape index (κ1) is 40.7. The molecule has 14 rings (SSSR count). The van der Waals surface area contributed by atoms with Crippen LogP contribution in [0.5, 0.6) is 0 Å². The monoisotopic (exact) mass is 890 g/mol. The Morgan fingerprint density at radius 1 is 0.443 bits per heavy atom. The summed E-state index contributed by atoms with van der Waals surface area (Å²) in [6.45, 7) is 2.48. The van der Waals surface area contributed by atoms with Gasteiger partial charge in [0.25, 0.3) is 0 Å². The fourth-order valence-corrected chi connectivity index (χ4v) is 13.1. The Balaban J connectivity index is 1.07. The highest BCUT2D eigenvalue weighted by Gasteiger charge is 2.51. The molecule has 0 heteroatoms. The Morgan fingerprint density at radius 2 is 0.886 bits per heavy atom. The fourth-order valence-electron chi connectivity index (χ4n) is 13.1. The lowest BCUT2D eigenvalue weighted by Crippen LogP contribution is -2.18. The lowest BCUT2D eigenvalue weighted by molar-refractivity contribution is 0.757. The molecule has 0 aliphatic heterocycles. The third kappa shape index (κ3) is 6.23. The van der Waals surface area contributed by atoms with Crippen LogP contribution in [0.25, 0.3) is 94.1 Å². The summed E-state index contributed by atoms with van der Waals surface area (Å²) >= 11 is 0. The average Bonchev–Trinajstić information content (AvgIpc) is 3.93. The van der Waals surface area contributed by atoms with Crippen molar-refractivity contribution in [1.29, 1.82) is 0 Å². The van der Waals surface area contributed by atoms with Gasteiger partial charge in [0.15, 0.2) is 0 Å². The molecular weight excluding hydrogens is 841 g/mol. The first-order chi connectivity index (χ1) is 34.7. The molecule has 0 heterocycles. The zero-order valence-corrected chi connectivity index (χ0v) is 39.2. The summed E-state index contributed by atoms with van der Waals surface area (Å²) in [5, 5.41) is 7.80. The summed E-state index contributed by atoms with van der Waals surface area (Å²) in [6.07, 6.45) is 26.2. The average molecular weight is 891 g/mol. The molecule has 0 bridgehead atoms. The lowest BCUT2D eigenvalue weighted by atomic mass is 9.71. The van der Waals surface area contributed by atoms with Crippen LogP contribution in [0.3, 0.4) is 0 Å². The van der Waals surface area contributed by atoms with Gasteiger partial charge in [0.05, 0.1) is 0 Å². The van der Waals surface area contributed by atoms with Gasteiger partial charge < -0.3 is 0 Å². The Bertz CT molecular complexity index is 3900. The first-order valence-electron chi connectivity index (χ1n) is 25.1. The summed E-state index contributed by atoms with van der Waals surface area (Å²) < 4.78 is 0. The van der Waals surface area contributed by atoms with Crippen LogP contribution in [-0.4, -0.2) is 0 Å². The summed E-state index contributed by atoms with van der Waals surface area (Å²) in [6, 6.07) is 67.5. The van der Waals surface area contributed by atoms with E-state index in [0.717, 1.165) is 12.8 Å². The molecule has 0 amide bonds. The number of hydrogen-bond acceptors (Lipinski definition) is 0. The van der Waals surface area contributed by atoms with Crippen molar-refractivity contribution in [2.45, 2.75) is 25.7 Å². The van der Waals surface area contributed by atoms with Crippen molar-refractivity contribution in [3.8, 4) is 33.4 Å². The molecule has 0 N–H and O–H groups in total. The van der Waals surface area contributed by atoms with Crippen LogP contribution in [0.1, 0.15) is 59.1 Å². The Labute approximate surface area is 410 Å². The second-order valence-electron chi connectivity index (χ2n) is 19.6. The van der Waals surface area contributed by atoms with E-state index in [-0.39, 0.29) is 17.8 Å². The molecular formula is C70H50. The van der Waals surface area contributed by atoms with E-state index >= 15 is 0 Å². The highest BCUT2D eigenvalue weighted by molar-refractivity contribution is 6.23. The van der Waals surface area contributed by atoms with E-state index in [1.54, 1.807) is 0 Å². The van der Waals surface area contributed by atoms with Gasteiger partial charge in [-0.05, 0) is 157 Å². The zero-order chi connectivity index (χ0) is 46.3. The largest absolute Gasteiger partial charge is 0.0842 e. The lowest BCUT2D eigenvalue weighted by Gasteiger charge is -2.31. The van der Waals surface area contributed by atoms with E-state index < -0.39 is 0 Å². The number of benzene rings is 9. The van der Waals surface area contributed by atoms with E-state index in [0.29, 0.717) is 0 Å². The van der Waals surface area contributed by atoms with E-state index in [4.69, 9.17) is 0 Å². The molecule has 0 saturated heterocycles. The zero-order valence-electron chi connectivity index (χ0n) is 39.2. The number of rotatable bonds is 8. The molecule has 70 heavy (non-hydrogen) atoms. The number of hydrogen-bond donors (Lipinski definition) is 0. The molecule has 5 aliphatic rings. The third-order valence-corrected chi connectivity index (χ3v) is 16.0. The van der Waals surface area contributed by atoms with Crippen LogP contribution in [0.2, 0.25) is 0 Å². The molecule has 9 aromatic rings. The van der Waals surface area contributed by atoms with Gasteiger partial charge in [0, 0.05) is 17.8 Å². The van der Waals surface area contributed by atoms with Crippen LogP contribution < -0.4 is 0 Å². The first-order valence-corrected chi connectivity index (χ1v) is 25.1. The van der Waals surface area contributed by atoms with Gasteiger partial charge >= 0.3 is 0 Å². The van der Waals surface area contributed by atoms with Crippen molar-refractivity contribution in [3.05, 3.63) is 281 Å². The molecule has 3 atom stereocenters. The summed E-state index contributed by atoms with van der Waals surface area (Å²) in [5.41, 5.74) is 24.6.